The van der Waals surface area contributed by atoms with Gasteiger partial charge in [-0.2, -0.15) is 0 Å². The molecule has 0 bridgehead atoms. The van der Waals surface area contributed by atoms with E-state index in [1.165, 1.54) is 0 Å². The minimum Gasteiger partial charge on any atom is -0.393 e. The quantitative estimate of drug-likeness (QED) is 0.438. The molecule has 0 amide bonds. The molecule has 1 saturated heterocycles. The molecule has 7 heteroatoms. The van der Waals surface area contributed by atoms with Gasteiger partial charge in [-0.25, -0.2) is 0 Å². The second-order valence-electron chi connectivity index (χ2n) is 5.14. The van der Waals surface area contributed by atoms with Crippen LogP contribution in [-0.4, -0.2) is 29.2 Å². The van der Waals surface area contributed by atoms with Gasteiger partial charge in [0.15, 0.2) is 0 Å². The van der Waals surface area contributed by atoms with Crippen LogP contribution in [0.4, 0.5) is 17.1 Å². The molecule has 0 radical (unpaired) electrons. The zero-order valence-electron chi connectivity index (χ0n) is 11.5. The number of hydrogen-bond donors (Lipinski definition) is 3. The first-order valence-electron chi connectivity index (χ1n) is 6.71. The number of hydrogen-bond acceptors (Lipinski definition) is 6. The SMILES string of the molecule is CC(O)C1CCN(c2cccc(NN)c2[N+](=O)[O-])CC1. The number of benzene rings is 1. The molecule has 1 fully saturated rings. The number of aliphatic hydroxyl groups excluding tert-OH is 1. The van der Waals surface area contributed by atoms with Gasteiger partial charge in [-0.05, 0) is 37.8 Å². The number of nitrogens with zero attached hydrogens (tertiary/aromatic N) is 2. The lowest BCUT2D eigenvalue weighted by Crippen LogP contribution is -2.37. The lowest BCUT2D eigenvalue weighted by molar-refractivity contribution is -0.383. The molecule has 1 unspecified atom stereocenters. The average molecular weight is 280 g/mol. The van der Waals surface area contributed by atoms with Crippen molar-refractivity contribution in [2.24, 2.45) is 11.8 Å². The smallest absolute Gasteiger partial charge is 0.316 e. The van der Waals surface area contributed by atoms with Crippen molar-refractivity contribution in [3.05, 3.63) is 28.3 Å². The number of para-hydroxylation sites is 1. The Hall–Kier alpha value is -1.86. The Morgan fingerprint density at radius 3 is 2.65 bits per heavy atom. The monoisotopic (exact) mass is 280 g/mol. The molecule has 1 aromatic rings. The molecule has 4 N–H and O–H groups in total. The van der Waals surface area contributed by atoms with Crippen LogP contribution in [0.2, 0.25) is 0 Å². The summed E-state index contributed by atoms with van der Waals surface area (Å²) in [5.41, 5.74) is 3.27. The largest absolute Gasteiger partial charge is 0.393 e. The molecule has 1 aliphatic rings. The van der Waals surface area contributed by atoms with E-state index in [4.69, 9.17) is 5.84 Å². The van der Waals surface area contributed by atoms with Crippen molar-refractivity contribution in [1.29, 1.82) is 0 Å². The summed E-state index contributed by atoms with van der Waals surface area (Å²) < 4.78 is 0. The zero-order chi connectivity index (χ0) is 14.7. The van der Waals surface area contributed by atoms with Crippen LogP contribution in [0, 0.1) is 16.0 Å². The molecule has 1 atom stereocenters. The van der Waals surface area contributed by atoms with E-state index in [2.05, 4.69) is 5.43 Å². The number of nitrogens with one attached hydrogen (secondary N) is 1. The summed E-state index contributed by atoms with van der Waals surface area (Å²) in [6.07, 6.45) is 1.33. The fourth-order valence-electron chi connectivity index (χ4n) is 2.72. The molecule has 0 aromatic heterocycles. The van der Waals surface area contributed by atoms with E-state index in [9.17, 15) is 15.2 Å². The van der Waals surface area contributed by atoms with Gasteiger partial charge in [-0.1, -0.05) is 6.07 Å². The Morgan fingerprint density at radius 1 is 1.50 bits per heavy atom. The molecule has 1 aliphatic heterocycles. The number of nitrogen functional groups attached to an aromatic ring is 1. The molecule has 0 saturated carbocycles. The third-order valence-electron chi connectivity index (χ3n) is 3.92. The fraction of sp³-hybridized carbons (Fsp3) is 0.538. The topological polar surface area (TPSA) is 105 Å². The minimum absolute atomic E-state index is 0.00509. The number of nitro groups is 1. The van der Waals surface area contributed by atoms with Crippen molar-refractivity contribution < 1.29 is 10.0 Å². The number of nitrogens with two attached hydrogens (primary N) is 1. The molecular formula is C13H20N4O3. The van der Waals surface area contributed by atoms with Gasteiger partial charge in [-0.3, -0.25) is 16.0 Å². The highest BCUT2D eigenvalue weighted by atomic mass is 16.6. The van der Waals surface area contributed by atoms with Crippen molar-refractivity contribution in [2.75, 3.05) is 23.4 Å². The van der Waals surface area contributed by atoms with E-state index >= 15 is 0 Å². The maximum atomic E-state index is 11.3. The van der Waals surface area contributed by atoms with Crippen LogP contribution in [0.5, 0.6) is 0 Å². The highest BCUT2D eigenvalue weighted by Gasteiger charge is 2.28. The van der Waals surface area contributed by atoms with E-state index in [1.54, 1.807) is 25.1 Å². The van der Waals surface area contributed by atoms with Crippen LogP contribution in [0.1, 0.15) is 19.8 Å². The van der Waals surface area contributed by atoms with E-state index < -0.39 is 4.92 Å². The number of aliphatic hydroxyl groups is 1. The Balaban J connectivity index is 2.24. The molecule has 7 nitrogen and oxygen atoms in total. The summed E-state index contributed by atoms with van der Waals surface area (Å²) in [6.45, 7) is 3.19. The highest BCUT2D eigenvalue weighted by Crippen LogP contribution is 2.37. The van der Waals surface area contributed by atoms with Crippen LogP contribution in [-0.2, 0) is 0 Å². The first-order valence-corrected chi connectivity index (χ1v) is 6.71. The highest BCUT2D eigenvalue weighted by molar-refractivity contribution is 5.76. The number of piperidine rings is 1. The summed E-state index contributed by atoms with van der Waals surface area (Å²) >= 11 is 0. The predicted molar refractivity (Wildman–Crippen MR) is 77.5 cm³/mol. The molecule has 1 aromatic carbocycles. The summed E-state index contributed by atoms with van der Waals surface area (Å²) in [4.78, 5) is 12.8. The fourth-order valence-corrected chi connectivity index (χ4v) is 2.72. The Bertz CT molecular complexity index is 485. The van der Waals surface area contributed by atoms with Gasteiger partial charge in [0, 0.05) is 13.1 Å². The lowest BCUT2D eigenvalue weighted by Gasteiger charge is -2.34. The lowest BCUT2D eigenvalue weighted by atomic mass is 9.92. The summed E-state index contributed by atoms with van der Waals surface area (Å²) in [5.74, 6) is 5.61. The molecule has 0 aliphatic carbocycles. The first kappa shape index (κ1) is 14.5. The number of anilines is 2. The standard InChI is InChI=1S/C13H20N4O3/c1-9(18)10-5-7-16(8-6-10)12-4-2-3-11(15-14)13(12)17(19)20/h2-4,9-10,15,18H,5-8,14H2,1H3. The van der Waals surface area contributed by atoms with Crippen LogP contribution >= 0.6 is 0 Å². The van der Waals surface area contributed by atoms with Crippen molar-refractivity contribution in [3.8, 4) is 0 Å². The van der Waals surface area contributed by atoms with Gasteiger partial charge < -0.3 is 15.4 Å². The normalized spacial score (nSPS) is 17.9. The molecule has 110 valence electrons. The third-order valence-corrected chi connectivity index (χ3v) is 3.92. The van der Waals surface area contributed by atoms with Crippen molar-refractivity contribution in [2.45, 2.75) is 25.9 Å². The maximum Gasteiger partial charge on any atom is 0.316 e. The Kier molecular flexibility index (Phi) is 4.41. The first-order chi connectivity index (χ1) is 9.54. The molecule has 2 rings (SSSR count). The zero-order valence-corrected chi connectivity index (χ0v) is 11.5. The van der Waals surface area contributed by atoms with Crippen LogP contribution in [0.3, 0.4) is 0 Å². The van der Waals surface area contributed by atoms with Gasteiger partial charge in [-0.15, -0.1) is 0 Å². The van der Waals surface area contributed by atoms with E-state index in [1.807, 2.05) is 4.90 Å². The van der Waals surface area contributed by atoms with Crippen molar-refractivity contribution in [1.82, 2.24) is 0 Å². The van der Waals surface area contributed by atoms with E-state index in [-0.39, 0.29) is 17.7 Å². The average Bonchev–Trinajstić information content (AvgIpc) is 2.46. The van der Waals surface area contributed by atoms with Crippen LogP contribution in [0.25, 0.3) is 0 Å². The van der Waals surface area contributed by atoms with Crippen LogP contribution in [0.15, 0.2) is 18.2 Å². The van der Waals surface area contributed by atoms with Crippen molar-refractivity contribution in [3.63, 3.8) is 0 Å². The second kappa shape index (κ2) is 6.06. The molecule has 20 heavy (non-hydrogen) atoms. The second-order valence-corrected chi connectivity index (χ2v) is 5.14. The predicted octanol–water partition coefficient (Wildman–Crippen LogP) is 1.48. The summed E-state index contributed by atoms with van der Waals surface area (Å²) in [7, 11) is 0. The summed E-state index contributed by atoms with van der Waals surface area (Å²) in [6, 6.07) is 5.07. The van der Waals surface area contributed by atoms with Gasteiger partial charge in [0.2, 0.25) is 0 Å². The third kappa shape index (κ3) is 2.83. The molecule has 1 heterocycles. The molecule has 0 spiro atoms. The number of rotatable bonds is 4. The van der Waals surface area contributed by atoms with E-state index in [0.717, 1.165) is 12.8 Å². The Morgan fingerprint density at radius 2 is 2.15 bits per heavy atom. The Labute approximate surface area is 117 Å². The van der Waals surface area contributed by atoms with Crippen molar-refractivity contribution >= 4 is 17.1 Å². The maximum absolute atomic E-state index is 11.3. The minimum atomic E-state index is -0.411. The number of nitro benzene ring substituents is 1. The van der Waals surface area contributed by atoms with Gasteiger partial charge >= 0.3 is 5.69 Å². The summed E-state index contributed by atoms with van der Waals surface area (Å²) in [5, 5.41) is 20.9. The van der Waals surface area contributed by atoms with Gasteiger partial charge in [0.1, 0.15) is 11.4 Å². The van der Waals surface area contributed by atoms with Gasteiger partial charge in [0.25, 0.3) is 0 Å². The molecular weight excluding hydrogens is 260 g/mol. The van der Waals surface area contributed by atoms with Crippen LogP contribution < -0.4 is 16.2 Å². The van der Waals surface area contributed by atoms with E-state index in [0.29, 0.717) is 24.5 Å². The van der Waals surface area contributed by atoms with Gasteiger partial charge in [0.05, 0.1) is 11.0 Å². The number of hydrazine groups is 1.